The minimum atomic E-state index is -0.0889. The number of nitrogens with one attached hydrogen (secondary N) is 1. The Hall–Kier alpha value is -1.31. The summed E-state index contributed by atoms with van der Waals surface area (Å²) in [7, 11) is 0. The summed E-state index contributed by atoms with van der Waals surface area (Å²) in [6, 6.07) is 10.4. The number of benzene rings is 1. The minimum absolute atomic E-state index is 0.0889. The van der Waals surface area contributed by atoms with Crippen LogP contribution in [0.4, 0.5) is 0 Å². The van der Waals surface area contributed by atoms with Gasteiger partial charge in [-0.3, -0.25) is 4.79 Å². The van der Waals surface area contributed by atoms with Gasteiger partial charge in [0.2, 0.25) is 5.91 Å². The summed E-state index contributed by atoms with van der Waals surface area (Å²) in [5, 5.41) is 3.18. The zero-order chi connectivity index (χ0) is 11.4. The van der Waals surface area contributed by atoms with E-state index in [0.717, 1.165) is 19.3 Å². The molecule has 1 aromatic carbocycles. The highest BCUT2D eigenvalue weighted by Gasteiger charge is 2.38. The molecular weight excluding hydrogens is 198 g/mol. The van der Waals surface area contributed by atoms with E-state index in [9.17, 15) is 4.79 Å². The van der Waals surface area contributed by atoms with Gasteiger partial charge in [-0.2, -0.15) is 0 Å². The fourth-order valence-electron chi connectivity index (χ4n) is 2.50. The highest BCUT2D eigenvalue weighted by atomic mass is 16.2. The van der Waals surface area contributed by atoms with Gasteiger partial charge in [0.1, 0.15) is 0 Å². The average molecular weight is 217 g/mol. The van der Waals surface area contributed by atoms with Crippen molar-refractivity contribution in [2.45, 2.75) is 44.6 Å². The van der Waals surface area contributed by atoms with Crippen molar-refractivity contribution in [3.8, 4) is 0 Å². The standard InChI is InChI=1S/C14H19NO/c1-2-3-10-14(11-9-13(16)15-14)12-7-5-4-6-8-12/h4-8H,2-3,9-11H2,1H3,(H,15,16)/t14-/m0/s1. The molecular formula is C14H19NO. The van der Waals surface area contributed by atoms with Crippen molar-refractivity contribution in [1.82, 2.24) is 5.32 Å². The fraction of sp³-hybridized carbons (Fsp3) is 0.500. The molecule has 0 spiro atoms. The van der Waals surface area contributed by atoms with Gasteiger partial charge >= 0.3 is 0 Å². The van der Waals surface area contributed by atoms with E-state index in [2.05, 4.69) is 24.4 Å². The van der Waals surface area contributed by atoms with E-state index in [1.54, 1.807) is 0 Å². The van der Waals surface area contributed by atoms with Crippen molar-refractivity contribution in [3.05, 3.63) is 35.9 Å². The van der Waals surface area contributed by atoms with Crippen LogP contribution in [-0.4, -0.2) is 5.91 Å². The molecule has 1 aliphatic rings. The summed E-state index contributed by atoms with van der Waals surface area (Å²) < 4.78 is 0. The minimum Gasteiger partial charge on any atom is -0.347 e. The van der Waals surface area contributed by atoms with Crippen molar-refractivity contribution in [1.29, 1.82) is 0 Å². The Labute approximate surface area is 97.1 Å². The van der Waals surface area contributed by atoms with E-state index in [1.807, 2.05) is 18.2 Å². The maximum Gasteiger partial charge on any atom is 0.220 e. The lowest BCUT2D eigenvalue weighted by Gasteiger charge is -2.29. The number of amides is 1. The Kier molecular flexibility index (Phi) is 3.28. The number of carbonyl (C=O) groups is 1. The number of hydrogen-bond acceptors (Lipinski definition) is 1. The molecule has 1 heterocycles. The molecule has 1 N–H and O–H groups in total. The van der Waals surface area contributed by atoms with Gasteiger partial charge in [-0.1, -0.05) is 50.1 Å². The highest BCUT2D eigenvalue weighted by molar-refractivity contribution is 5.79. The lowest BCUT2D eigenvalue weighted by molar-refractivity contribution is -0.119. The van der Waals surface area contributed by atoms with Gasteiger partial charge in [0, 0.05) is 6.42 Å². The van der Waals surface area contributed by atoms with Crippen LogP contribution in [0.25, 0.3) is 0 Å². The van der Waals surface area contributed by atoms with E-state index in [0.29, 0.717) is 6.42 Å². The molecule has 0 radical (unpaired) electrons. The number of carbonyl (C=O) groups excluding carboxylic acids is 1. The van der Waals surface area contributed by atoms with E-state index in [1.165, 1.54) is 12.0 Å². The van der Waals surface area contributed by atoms with Crippen LogP contribution in [-0.2, 0) is 10.3 Å². The van der Waals surface area contributed by atoms with Crippen LogP contribution in [0, 0.1) is 0 Å². The van der Waals surface area contributed by atoms with Crippen molar-refractivity contribution in [2.24, 2.45) is 0 Å². The van der Waals surface area contributed by atoms with Gasteiger partial charge in [0.05, 0.1) is 5.54 Å². The topological polar surface area (TPSA) is 29.1 Å². The molecule has 86 valence electrons. The summed E-state index contributed by atoms with van der Waals surface area (Å²) in [4.78, 5) is 11.5. The van der Waals surface area contributed by atoms with Crippen LogP contribution in [0.3, 0.4) is 0 Å². The summed E-state index contributed by atoms with van der Waals surface area (Å²) in [6.45, 7) is 2.19. The molecule has 0 aliphatic carbocycles. The van der Waals surface area contributed by atoms with Crippen LogP contribution in [0.1, 0.15) is 44.6 Å². The first kappa shape index (κ1) is 11.2. The van der Waals surface area contributed by atoms with Gasteiger partial charge in [-0.05, 0) is 18.4 Å². The maximum absolute atomic E-state index is 11.5. The first-order chi connectivity index (χ1) is 7.77. The Morgan fingerprint density at radius 3 is 2.62 bits per heavy atom. The van der Waals surface area contributed by atoms with Crippen LogP contribution in [0.15, 0.2) is 30.3 Å². The Bertz CT molecular complexity index is 360. The molecule has 0 bridgehead atoms. The Morgan fingerprint density at radius 2 is 2.06 bits per heavy atom. The summed E-state index contributed by atoms with van der Waals surface area (Å²) >= 11 is 0. The molecule has 1 atom stereocenters. The van der Waals surface area contributed by atoms with Crippen molar-refractivity contribution in [3.63, 3.8) is 0 Å². The quantitative estimate of drug-likeness (QED) is 0.825. The SMILES string of the molecule is CCCC[C@@]1(c2ccccc2)CCC(=O)N1. The second-order valence-electron chi connectivity index (χ2n) is 4.60. The second kappa shape index (κ2) is 4.69. The molecule has 0 saturated carbocycles. The lowest BCUT2D eigenvalue weighted by atomic mass is 9.84. The van der Waals surface area contributed by atoms with E-state index < -0.39 is 0 Å². The van der Waals surface area contributed by atoms with Crippen molar-refractivity contribution < 1.29 is 4.79 Å². The first-order valence-corrected chi connectivity index (χ1v) is 6.13. The molecule has 16 heavy (non-hydrogen) atoms. The van der Waals surface area contributed by atoms with Gasteiger partial charge in [-0.25, -0.2) is 0 Å². The van der Waals surface area contributed by atoms with E-state index in [-0.39, 0.29) is 11.4 Å². The molecule has 1 aromatic rings. The zero-order valence-corrected chi connectivity index (χ0v) is 9.83. The average Bonchev–Trinajstić information content (AvgIpc) is 2.71. The normalized spacial score (nSPS) is 24.4. The summed E-state index contributed by atoms with van der Waals surface area (Å²) in [5.74, 6) is 0.194. The molecule has 1 aliphatic heterocycles. The smallest absolute Gasteiger partial charge is 0.220 e. The molecule has 1 saturated heterocycles. The largest absolute Gasteiger partial charge is 0.347 e. The monoisotopic (exact) mass is 217 g/mol. The van der Waals surface area contributed by atoms with Gasteiger partial charge in [0.15, 0.2) is 0 Å². The first-order valence-electron chi connectivity index (χ1n) is 6.13. The second-order valence-corrected chi connectivity index (χ2v) is 4.60. The molecule has 2 heteroatoms. The van der Waals surface area contributed by atoms with Gasteiger partial charge in [-0.15, -0.1) is 0 Å². The van der Waals surface area contributed by atoms with Crippen molar-refractivity contribution >= 4 is 5.91 Å². The third kappa shape index (κ3) is 2.11. The van der Waals surface area contributed by atoms with Crippen LogP contribution in [0.5, 0.6) is 0 Å². The van der Waals surface area contributed by atoms with Crippen molar-refractivity contribution in [2.75, 3.05) is 0 Å². The van der Waals surface area contributed by atoms with E-state index >= 15 is 0 Å². The third-order valence-electron chi connectivity index (χ3n) is 3.44. The lowest BCUT2D eigenvalue weighted by Crippen LogP contribution is -2.38. The van der Waals surface area contributed by atoms with Crippen LogP contribution >= 0.6 is 0 Å². The summed E-state index contributed by atoms with van der Waals surface area (Å²) in [6.07, 6.45) is 4.99. The van der Waals surface area contributed by atoms with Crippen LogP contribution in [0.2, 0.25) is 0 Å². The molecule has 1 fully saturated rings. The molecule has 1 amide bonds. The van der Waals surface area contributed by atoms with Crippen LogP contribution < -0.4 is 5.32 Å². The van der Waals surface area contributed by atoms with Gasteiger partial charge < -0.3 is 5.32 Å². The number of rotatable bonds is 4. The predicted molar refractivity (Wildman–Crippen MR) is 65.0 cm³/mol. The Morgan fingerprint density at radius 1 is 1.31 bits per heavy atom. The predicted octanol–water partition coefficient (Wildman–Crippen LogP) is 2.98. The zero-order valence-electron chi connectivity index (χ0n) is 9.83. The maximum atomic E-state index is 11.5. The number of unbranched alkanes of at least 4 members (excludes halogenated alkanes) is 1. The number of hydrogen-bond donors (Lipinski definition) is 1. The molecule has 0 aromatic heterocycles. The summed E-state index contributed by atoms with van der Waals surface area (Å²) in [5.41, 5.74) is 1.17. The fourth-order valence-corrected chi connectivity index (χ4v) is 2.50. The third-order valence-corrected chi connectivity index (χ3v) is 3.44. The molecule has 2 rings (SSSR count). The Balaban J connectivity index is 2.24. The molecule has 2 nitrogen and oxygen atoms in total. The molecule has 0 unspecified atom stereocenters. The van der Waals surface area contributed by atoms with Gasteiger partial charge in [0.25, 0.3) is 0 Å². The van der Waals surface area contributed by atoms with E-state index in [4.69, 9.17) is 0 Å². The highest BCUT2D eigenvalue weighted by Crippen LogP contribution is 2.35.